The molecule has 0 radical (unpaired) electrons. The maximum absolute atomic E-state index is 12.5. The van der Waals surface area contributed by atoms with Crippen molar-refractivity contribution in [2.24, 2.45) is 0 Å². The molecule has 164 valence electrons. The molecule has 1 amide bonds. The Kier molecular flexibility index (Phi) is 8.21. The number of hydrogen-bond donors (Lipinski definition) is 3. The largest absolute Gasteiger partial charge is 0.480 e. The zero-order valence-corrected chi connectivity index (χ0v) is 16.6. The molecule has 3 atom stereocenters. The third-order valence-electron chi connectivity index (χ3n) is 4.55. The molecule has 0 spiro atoms. The first-order valence-electron chi connectivity index (χ1n) is 9.40. The van der Waals surface area contributed by atoms with E-state index in [2.05, 4.69) is 5.32 Å². The number of hydrogen-bond acceptors (Lipinski definition) is 7. The molecule has 0 fully saturated rings. The average molecular weight is 430 g/mol. The van der Waals surface area contributed by atoms with Gasteiger partial charge in [0.05, 0.1) is 18.0 Å². The highest BCUT2D eigenvalue weighted by atomic mass is 16.6. The summed E-state index contributed by atoms with van der Waals surface area (Å²) in [7, 11) is 0. The number of non-ortho nitro benzene ring substituents is 1. The van der Waals surface area contributed by atoms with Crippen LogP contribution in [-0.2, 0) is 19.1 Å². The summed E-state index contributed by atoms with van der Waals surface area (Å²) in [6.07, 6.45) is -2.02. The van der Waals surface area contributed by atoms with E-state index in [9.17, 15) is 34.7 Å². The van der Waals surface area contributed by atoms with Crippen LogP contribution in [0.25, 0.3) is 0 Å². The van der Waals surface area contributed by atoms with Crippen molar-refractivity contribution in [2.75, 3.05) is 6.61 Å². The van der Waals surface area contributed by atoms with Gasteiger partial charge in [0.15, 0.2) is 6.10 Å². The van der Waals surface area contributed by atoms with E-state index in [4.69, 9.17) is 4.74 Å². The van der Waals surface area contributed by atoms with Crippen LogP contribution >= 0.6 is 0 Å². The lowest BCUT2D eigenvalue weighted by atomic mass is 9.88. The van der Waals surface area contributed by atoms with Crippen molar-refractivity contribution in [1.29, 1.82) is 0 Å². The molecule has 2 aromatic carbocycles. The number of carboxylic acid groups (broad SMARTS) is 1. The van der Waals surface area contributed by atoms with Crippen LogP contribution in [0.3, 0.4) is 0 Å². The van der Waals surface area contributed by atoms with Crippen LogP contribution in [0.2, 0.25) is 0 Å². The van der Waals surface area contributed by atoms with Gasteiger partial charge in [-0.1, -0.05) is 42.5 Å². The highest BCUT2D eigenvalue weighted by Gasteiger charge is 2.35. The zero-order valence-electron chi connectivity index (χ0n) is 16.6. The fourth-order valence-electron chi connectivity index (χ4n) is 3.02. The van der Waals surface area contributed by atoms with E-state index in [1.54, 1.807) is 25.1 Å². The Morgan fingerprint density at radius 1 is 1.06 bits per heavy atom. The van der Waals surface area contributed by atoms with E-state index < -0.39 is 47.3 Å². The number of aliphatic carboxylic acids is 1. The van der Waals surface area contributed by atoms with E-state index in [0.717, 1.165) is 0 Å². The SMILES string of the molecule is CCOC(=O)C[C@H](c1ccc([N+](=O)[O-])cc1)[C@@H](NC(=O)[C@@H](O)c1ccccc1)C(=O)O. The number of nitrogens with zero attached hydrogens (tertiary/aromatic N) is 1. The number of amides is 1. The monoisotopic (exact) mass is 430 g/mol. The van der Waals surface area contributed by atoms with Crippen LogP contribution < -0.4 is 5.32 Å². The third-order valence-corrected chi connectivity index (χ3v) is 4.55. The molecule has 0 aromatic heterocycles. The maximum atomic E-state index is 12.5. The number of nitro groups is 1. The number of nitrogens with one attached hydrogen (secondary N) is 1. The Balaban J connectivity index is 2.34. The highest BCUT2D eigenvalue weighted by molar-refractivity contribution is 5.88. The molecular weight excluding hydrogens is 408 g/mol. The lowest BCUT2D eigenvalue weighted by molar-refractivity contribution is -0.384. The summed E-state index contributed by atoms with van der Waals surface area (Å²) in [5.74, 6) is -4.20. The minimum Gasteiger partial charge on any atom is -0.480 e. The first-order valence-corrected chi connectivity index (χ1v) is 9.40. The standard InChI is InChI=1S/C21H22N2O8/c1-2-31-17(24)12-16(13-8-10-15(11-9-13)23(29)30)18(21(27)28)22-20(26)19(25)14-6-4-3-5-7-14/h3-11,16,18-19,25H,2,12H2,1H3,(H,22,26)(H,27,28)/t16-,18-,19+/m1/s1. The molecule has 0 saturated heterocycles. The second-order valence-electron chi connectivity index (χ2n) is 6.60. The van der Waals surface area contributed by atoms with Crippen LogP contribution in [0, 0.1) is 10.1 Å². The lowest BCUT2D eigenvalue weighted by Gasteiger charge is -2.25. The molecule has 10 heteroatoms. The smallest absolute Gasteiger partial charge is 0.326 e. The topological polar surface area (TPSA) is 156 Å². The van der Waals surface area contributed by atoms with Gasteiger partial charge in [-0.15, -0.1) is 0 Å². The Bertz CT molecular complexity index is 930. The van der Waals surface area contributed by atoms with E-state index in [-0.39, 0.29) is 23.4 Å². The molecule has 2 aromatic rings. The van der Waals surface area contributed by atoms with Crippen LogP contribution in [0.5, 0.6) is 0 Å². The quantitative estimate of drug-likeness (QED) is 0.293. The van der Waals surface area contributed by atoms with Crippen molar-refractivity contribution in [1.82, 2.24) is 5.32 Å². The zero-order chi connectivity index (χ0) is 23.0. The van der Waals surface area contributed by atoms with Crippen molar-refractivity contribution in [3.8, 4) is 0 Å². The number of carbonyl (C=O) groups excluding carboxylic acids is 2. The number of rotatable bonds is 10. The molecule has 31 heavy (non-hydrogen) atoms. The first kappa shape index (κ1) is 23.5. The van der Waals surface area contributed by atoms with Gasteiger partial charge in [-0.2, -0.15) is 0 Å². The predicted molar refractivity (Wildman–Crippen MR) is 108 cm³/mol. The van der Waals surface area contributed by atoms with E-state index >= 15 is 0 Å². The molecule has 0 aliphatic heterocycles. The van der Waals surface area contributed by atoms with Gasteiger partial charge in [-0.3, -0.25) is 19.7 Å². The number of carboxylic acids is 1. The first-order chi connectivity index (χ1) is 14.7. The van der Waals surface area contributed by atoms with Crippen molar-refractivity contribution in [3.05, 3.63) is 75.8 Å². The van der Waals surface area contributed by atoms with E-state index in [1.165, 1.54) is 36.4 Å². The predicted octanol–water partition coefficient (Wildman–Crippen LogP) is 1.93. The third kappa shape index (κ3) is 6.34. The normalized spacial score (nSPS) is 13.5. The number of aliphatic hydroxyl groups is 1. The number of aliphatic hydroxyl groups excluding tert-OH is 1. The second kappa shape index (κ2) is 10.8. The molecule has 0 saturated carbocycles. The molecule has 0 bridgehead atoms. The fourth-order valence-corrected chi connectivity index (χ4v) is 3.02. The number of benzene rings is 2. The molecular formula is C21H22N2O8. The molecule has 0 heterocycles. The van der Waals surface area contributed by atoms with Gasteiger partial charge in [-0.25, -0.2) is 4.79 Å². The molecule has 0 aliphatic rings. The van der Waals surface area contributed by atoms with Crippen molar-refractivity contribution < 1.29 is 34.3 Å². The number of carbonyl (C=O) groups is 3. The molecule has 2 rings (SSSR count). The van der Waals surface area contributed by atoms with Crippen molar-refractivity contribution in [3.63, 3.8) is 0 Å². The molecule has 10 nitrogen and oxygen atoms in total. The lowest BCUT2D eigenvalue weighted by Crippen LogP contribution is -2.47. The number of ether oxygens (including phenoxy) is 1. The molecule has 0 unspecified atom stereocenters. The van der Waals surface area contributed by atoms with Gasteiger partial charge >= 0.3 is 11.9 Å². The van der Waals surface area contributed by atoms with Crippen LogP contribution in [-0.4, -0.2) is 45.6 Å². The summed E-state index contributed by atoms with van der Waals surface area (Å²) in [5.41, 5.74) is 0.330. The Morgan fingerprint density at radius 3 is 2.19 bits per heavy atom. The second-order valence-corrected chi connectivity index (χ2v) is 6.60. The highest BCUT2D eigenvalue weighted by Crippen LogP contribution is 2.27. The van der Waals surface area contributed by atoms with Gasteiger partial charge in [0.25, 0.3) is 11.6 Å². The fraction of sp³-hybridized carbons (Fsp3) is 0.286. The summed E-state index contributed by atoms with van der Waals surface area (Å²) >= 11 is 0. The van der Waals surface area contributed by atoms with Crippen molar-refractivity contribution >= 4 is 23.5 Å². The minimum atomic E-state index is -1.62. The van der Waals surface area contributed by atoms with Crippen molar-refractivity contribution in [2.45, 2.75) is 31.4 Å². The summed E-state index contributed by atoms with van der Waals surface area (Å²) in [6.45, 7) is 1.66. The van der Waals surface area contributed by atoms with Crippen LogP contribution in [0.1, 0.15) is 36.5 Å². The van der Waals surface area contributed by atoms with Gasteiger partial charge < -0.3 is 20.3 Å². The van der Waals surface area contributed by atoms with Crippen LogP contribution in [0.4, 0.5) is 5.69 Å². The van der Waals surface area contributed by atoms with E-state index in [1.807, 2.05) is 0 Å². The Hall–Kier alpha value is -3.79. The average Bonchev–Trinajstić information content (AvgIpc) is 2.76. The van der Waals surface area contributed by atoms with Gasteiger partial charge in [0, 0.05) is 18.1 Å². The maximum Gasteiger partial charge on any atom is 0.326 e. The van der Waals surface area contributed by atoms with Crippen LogP contribution in [0.15, 0.2) is 54.6 Å². The van der Waals surface area contributed by atoms with Gasteiger partial charge in [-0.05, 0) is 18.1 Å². The Labute approximate surface area is 177 Å². The van der Waals surface area contributed by atoms with E-state index in [0.29, 0.717) is 0 Å². The number of esters is 1. The molecule has 3 N–H and O–H groups in total. The summed E-state index contributed by atoms with van der Waals surface area (Å²) < 4.78 is 4.91. The minimum absolute atomic E-state index is 0.0721. The number of nitro benzene ring substituents is 1. The summed E-state index contributed by atoms with van der Waals surface area (Å²) in [6, 6.07) is 11.3. The summed E-state index contributed by atoms with van der Waals surface area (Å²) in [5, 5.41) is 33.2. The Morgan fingerprint density at radius 2 is 1.68 bits per heavy atom. The van der Waals surface area contributed by atoms with Gasteiger partial charge in [0.1, 0.15) is 6.04 Å². The summed E-state index contributed by atoms with van der Waals surface area (Å²) in [4.78, 5) is 46.9. The molecule has 0 aliphatic carbocycles. The van der Waals surface area contributed by atoms with Gasteiger partial charge in [0.2, 0.25) is 0 Å².